The van der Waals surface area contributed by atoms with Gasteiger partial charge in [-0.1, -0.05) is 25.7 Å². The van der Waals surface area contributed by atoms with E-state index in [1.165, 1.54) is 25.7 Å². The van der Waals surface area contributed by atoms with Crippen LogP contribution in [0.4, 0.5) is 0 Å². The van der Waals surface area contributed by atoms with E-state index in [0.29, 0.717) is 11.5 Å². The molecule has 3 nitrogen and oxygen atoms in total. The monoisotopic (exact) mass is 218 g/mol. The third kappa shape index (κ3) is 2.40. The second kappa shape index (κ2) is 5.10. The van der Waals surface area contributed by atoms with Crippen LogP contribution in [0.25, 0.3) is 0 Å². The van der Waals surface area contributed by atoms with Crippen molar-refractivity contribution in [2.24, 2.45) is 5.73 Å². The first-order chi connectivity index (χ1) is 7.79. The molecule has 0 aliphatic heterocycles. The van der Waals surface area contributed by atoms with Crippen LogP contribution in [0.15, 0.2) is 18.3 Å². The van der Waals surface area contributed by atoms with E-state index in [4.69, 9.17) is 5.73 Å². The molecular formula is C13H18N2O. The van der Waals surface area contributed by atoms with E-state index in [0.717, 1.165) is 18.5 Å². The van der Waals surface area contributed by atoms with Gasteiger partial charge in [-0.05, 0) is 25.0 Å². The first-order valence-electron chi connectivity index (χ1n) is 6.04. The summed E-state index contributed by atoms with van der Waals surface area (Å²) in [5.74, 6) is 0.0681. The van der Waals surface area contributed by atoms with Gasteiger partial charge in [-0.25, -0.2) is 0 Å². The minimum Gasteiger partial charge on any atom is -0.366 e. The number of aromatic nitrogens is 1. The molecule has 2 rings (SSSR count). The van der Waals surface area contributed by atoms with E-state index in [9.17, 15) is 4.79 Å². The van der Waals surface area contributed by atoms with Crippen molar-refractivity contribution in [1.29, 1.82) is 0 Å². The van der Waals surface area contributed by atoms with Crippen molar-refractivity contribution in [3.8, 4) is 0 Å². The van der Waals surface area contributed by atoms with E-state index in [1.54, 1.807) is 18.3 Å². The van der Waals surface area contributed by atoms with Gasteiger partial charge in [0.25, 0.3) is 5.91 Å². The van der Waals surface area contributed by atoms with E-state index in [-0.39, 0.29) is 5.91 Å². The normalized spacial score (nSPS) is 18.0. The molecule has 1 aliphatic rings. The van der Waals surface area contributed by atoms with Crippen molar-refractivity contribution in [3.05, 3.63) is 29.6 Å². The Bertz CT molecular complexity index is 368. The minimum absolute atomic E-state index is 0.354. The highest BCUT2D eigenvalue weighted by Crippen LogP contribution is 2.31. The van der Waals surface area contributed by atoms with Gasteiger partial charge < -0.3 is 5.73 Å². The molecule has 1 heterocycles. The summed E-state index contributed by atoms with van der Waals surface area (Å²) in [7, 11) is 0. The summed E-state index contributed by atoms with van der Waals surface area (Å²) in [6.45, 7) is 0. The summed E-state index contributed by atoms with van der Waals surface area (Å²) in [6.07, 6.45) is 9.10. The number of hydrogen-bond acceptors (Lipinski definition) is 2. The predicted molar refractivity (Wildman–Crippen MR) is 63.2 cm³/mol. The Labute approximate surface area is 96.1 Å². The smallest absolute Gasteiger partial charge is 0.250 e. The number of amides is 1. The average molecular weight is 218 g/mol. The second-order valence-corrected chi connectivity index (χ2v) is 4.49. The largest absolute Gasteiger partial charge is 0.366 e. The lowest BCUT2D eigenvalue weighted by Gasteiger charge is -2.15. The quantitative estimate of drug-likeness (QED) is 0.776. The molecule has 86 valence electrons. The van der Waals surface area contributed by atoms with Crippen molar-refractivity contribution < 1.29 is 4.79 Å². The Balaban J connectivity index is 2.27. The highest BCUT2D eigenvalue weighted by molar-refractivity contribution is 5.94. The van der Waals surface area contributed by atoms with Crippen LogP contribution in [0.5, 0.6) is 0 Å². The zero-order valence-electron chi connectivity index (χ0n) is 9.48. The van der Waals surface area contributed by atoms with E-state index >= 15 is 0 Å². The van der Waals surface area contributed by atoms with Gasteiger partial charge in [0, 0.05) is 12.1 Å². The van der Waals surface area contributed by atoms with Gasteiger partial charge in [0.2, 0.25) is 0 Å². The lowest BCUT2D eigenvalue weighted by Crippen LogP contribution is -2.16. The molecule has 2 N–H and O–H groups in total. The number of pyridine rings is 1. The average Bonchev–Trinajstić information content (AvgIpc) is 2.57. The summed E-state index contributed by atoms with van der Waals surface area (Å²) in [4.78, 5) is 15.7. The Kier molecular flexibility index (Phi) is 3.54. The molecule has 1 aromatic rings. The molecule has 1 fully saturated rings. The van der Waals surface area contributed by atoms with E-state index in [2.05, 4.69) is 4.98 Å². The first kappa shape index (κ1) is 11.1. The lowest BCUT2D eigenvalue weighted by molar-refractivity contribution is 0.0998. The molecule has 1 saturated carbocycles. The van der Waals surface area contributed by atoms with Crippen LogP contribution < -0.4 is 5.73 Å². The summed E-state index contributed by atoms with van der Waals surface area (Å²) in [6, 6.07) is 3.57. The lowest BCUT2D eigenvalue weighted by atomic mass is 9.92. The van der Waals surface area contributed by atoms with Crippen LogP contribution in [0.3, 0.4) is 0 Å². The predicted octanol–water partition coefficient (Wildman–Crippen LogP) is 2.62. The van der Waals surface area contributed by atoms with Crippen LogP contribution in [0.1, 0.15) is 60.5 Å². The summed E-state index contributed by atoms with van der Waals surface area (Å²) < 4.78 is 0. The number of nitrogens with two attached hydrogens (primary N) is 1. The van der Waals surface area contributed by atoms with Gasteiger partial charge >= 0.3 is 0 Å². The molecule has 0 bridgehead atoms. The third-order valence-corrected chi connectivity index (χ3v) is 3.35. The highest BCUT2D eigenvalue weighted by atomic mass is 16.1. The fourth-order valence-corrected chi connectivity index (χ4v) is 2.50. The molecule has 0 unspecified atom stereocenters. The van der Waals surface area contributed by atoms with Gasteiger partial charge in [0.05, 0.1) is 11.3 Å². The summed E-state index contributed by atoms with van der Waals surface area (Å²) in [5, 5.41) is 0. The molecule has 1 aromatic heterocycles. The zero-order chi connectivity index (χ0) is 11.4. The molecule has 16 heavy (non-hydrogen) atoms. The Morgan fingerprint density at radius 2 is 1.94 bits per heavy atom. The summed E-state index contributed by atoms with van der Waals surface area (Å²) >= 11 is 0. The highest BCUT2D eigenvalue weighted by Gasteiger charge is 2.20. The number of nitrogens with zero attached hydrogens (tertiary/aromatic N) is 1. The maximum Gasteiger partial charge on any atom is 0.250 e. The van der Waals surface area contributed by atoms with Gasteiger partial charge in [0.1, 0.15) is 0 Å². The van der Waals surface area contributed by atoms with Crippen LogP contribution in [0.2, 0.25) is 0 Å². The SMILES string of the molecule is NC(=O)c1cccnc1C1CCCCCC1. The molecule has 0 spiro atoms. The number of carbonyl (C=O) groups excluding carboxylic acids is 1. The molecule has 0 radical (unpaired) electrons. The zero-order valence-corrected chi connectivity index (χ0v) is 9.48. The number of carbonyl (C=O) groups is 1. The number of primary amides is 1. The topological polar surface area (TPSA) is 56.0 Å². The molecule has 1 aliphatic carbocycles. The maximum absolute atomic E-state index is 11.3. The van der Waals surface area contributed by atoms with Gasteiger partial charge in [-0.15, -0.1) is 0 Å². The van der Waals surface area contributed by atoms with Gasteiger partial charge in [0.15, 0.2) is 0 Å². The van der Waals surface area contributed by atoms with Crippen molar-refractivity contribution in [2.75, 3.05) is 0 Å². The Morgan fingerprint density at radius 3 is 2.56 bits per heavy atom. The van der Waals surface area contributed by atoms with Gasteiger partial charge in [-0.3, -0.25) is 9.78 Å². The van der Waals surface area contributed by atoms with Crippen molar-refractivity contribution in [3.63, 3.8) is 0 Å². The standard InChI is InChI=1S/C13H18N2O/c14-13(16)11-8-5-9-15-12(11)10-6-3-1-2-4-7-10/h5,8-10H,1-4,6-7H2,(H2,14,16). The third-order valence-electron chi connectivity index (χ3n) is 3.35. The van der Waals surface area contributed by atoms with Crippen molar-refractivity contribution >= 4 is 5.91 Å². The fourth-order valence-electron chi connectivity index (χ4n) is 2.50. The molecule has 3 heteroatoms. The van der Waals surface area contributed by atoms with E-state index in [1.807, 2.05) is 0 Å². The van der Waals surface area contributed by atoms with Crippen LogP contribution >= 0.6 is 0 Å². The van der Waals surface area contributed by atoms with Crippen molar-refractivity contribution in [2.45, 2.75) is 44.4 Å². The molecule has 0 saturated heterocycles. The fraction of sp³-hybridized carbons (Fsp3) is 0.538. The van der Waals surface area contributed by atoms with Crippen LogP contribution in [-0.2, 0) is 0 Å². The number of hydrogen-bond donors (Lipinski definition) is 1. The minimum atomic E-state index is -0.354. The van der Waals surface area contributed by atoms with Crippen LogP contribution in [-0.4, -0.2) is 10.9 Å². The summed E-state index contributed by atoms with van der Waals surface area (Å²) in [5.41, 5.74) is 6.90. The first-order valence-corrected chi connectivity index (χ1v) is 6.04. The number of rotatable bonds is 2. The molecule has 1 amide bonds. The molecule has 0 atom stereocenters. The Morgan fingerprint density at radius 1 is 1.25 bits per heavy atom. The molecular weight excluding hydrogens is 200 g/mol. The Hall–Kier alpha value is -1.38. The van der Waals surface area contributed by atoms with Crippen molar-refractivity contribution in [1.82, 2.24) is 4.98 Å². The molecule has 0 aromatic carbocycles. The van der Waals surface area contributed by atoms with Crippen LogP contribution in [0, 0.1) is 0 Å². The van der Waals surface area contributed by atoms with Gasteiger partial charge in [-0.2, -0.15) is 0 Å². The maximum atomic E-state index is 11.3. The second-order valence-electron chi connectivity index (χ2n) is 4.49. The van der Waals surface area contributed by atoms with E-state index < -0.39 is 0 Å².